The molecule has 3 fully saturated rings. The Hall–Kier alpha value is -4.10. The number of hydrogen-bond donors (Lipinski definition) is 6. The quantitative estimate of drug-likeness (QED) is 0.328. The van der Waals surface area contributed by atoms with Gasteiger partial charge >= 0.3 is 12.2 Å². The van der Waals surface area contributed by atoms with Crippen LogP contribution in [-0.2, 0) is 0 Å². The van der Waals surface area contributed by atoms with Gasteiger partial charge in [-0.1, -0.05) is 0 Å². The molecule has 1 aliphatic carbocycles. The third-order valence-corrected chi connectivity index (χ3v) is 7.69. The first kappa shape index (κ1) is 25.5. The van der Waals surface area contributed by atoms with Crippen LogP contribution in [0.2, 0.25) is 0 Å². The summed E-state index contributed by atoms with van der Waals surface area (Å²) in [5, 5.41) is 24.7. The average molecular weight is 529 g/mol. The summed E-state index contributed by atoms with van der Waals surface area (Å²) in [7, 11) is 0. The molecule has 2 aromatic rings. The highest BCUT2D eigenvalue weighted by molar-refractivity contribution is 5.93. The van der Waals surface area contributed by atoms with E-state index in [1.165, 1.54) is 22.2 Å². The molecule has 4 heterocycles. The predicted octanol–water partition coefficient (Wildman–Crippen LogP) is 2.23. The third kappa shape index (κ3) is 5.29. The number of hydrogen-bond acceptors (Lipinski definition) is 6. The highest BCUT2D eigenvalue weighted by Crippen LogP contribution is 2.31. The van der Waals surface area contributed by atoms with Crippen molar-refractivity contribution in [3.05, 3.63) is 35.4 Å². The normalized spacial score (nSPS) is 25.4. The van der Waals surface area contributed by atoms with Crippen LogP contribution in [0.1, 0.15) is 96.1 Å². The molecular formula is C24H32N8O6. The number of aromatic nitrogens is 4. The van der Waals surface area contributed by atoms with Gasteiger partial charge in [-0.3, -0.25) is 19.4 Å². The number of nitrogens with zero attached hydrogens (tertiary/aromatic N) is 4. The van der Waals surface area contributed by atoms with Gasteiger partial charge in [0.2, 0.25) is 0 Å². The van der Waals surface area contributed by atoms with E-state index in [1.807, 2.05) is 0 Å². The Morgan fingerprint density at radius 1 is 0.711 bits per heavy atom. The summed E-state index contributed by atoms with van der Waals surface area (Å²) in [6.45, 7) is 0.903. The first-order valence-electron chi connectivity index (χ1n) is 13.0. The highest BCUT2D eigenvalue weighted by atomic mass is 16.4. The lowest BCUT2D eigenvalue weighted by molar-refractivity contribution is 0.0887. The first-order valence-corrected chi connectivity index (χ1v) is 13.0. The minimum absolute atomic E-state index is 0.0563. The molecule has 0 aromatic carbocycles. The van der Waals surface area contributed by atoms with E-state index in [9.17, 15) is 29.4 Å². The van der Waals surface area contributed by atoms with Gasteiger partial charge in [-0.25, -0.2) is 19.6 Å². The van der Waals surface area contributed by atoms with E-state index in [-0.39, 0.29) is 47.4 Å². The van der Waals surface area contributed by atoms with Gasteiger partial charge in [-0.2, -0.15) is 0 Å². The van der Waals surface area contributed by atoms with Gasteiger partial charge in [0.15, 0.2) is 0 Å². The number of amides is 4. The largest absolute Gasteiger partial charge is 0.465 e. The summed E-state index contributed by atoms with van der Waals surface area (Å²) in [6.07, 6.45) is 6.60. The van der Waals surface area contributed by atoms with Crippen molar-refractivity contribution in [2.45, 2.75) is 75.5 Å². The molecule has 3 aliphatic rings. The lowest BCUT2D eigenvalue weighted by Gasteiger charge is -2.29. The molecular weight excluding hydrogens is 496 g/mol. The second kappa shape index (κ2) is 10.7. The Labute approximate surface area is 218 Å². The molecule has 2 aliphatic heterocycles. The van der Waals surface area contributed by atoms with Gasteiger partial charge in [-0.15, -0.1) is 0 Å². The van der Waals surface area contributed by atoms with Crippen LogP contribution in [0.5, 0.6) is 0 Å². The molecule has 0 unspecified atom stereocenters. The molecule has 2 saturated heterocycles. The van der Waals surface area contributed by atoms with Crippen LogP contribution in [0, 0.1) is 0 Å². The van der Waals surface area contributed by atoms with Crippen LogP contribution in [0.25, 0.3) is 0 Å². The molecule has 0 bridgehead atoms. The van der Waals surface area contributed by atoms with Crippen molar-refractivity contribution < 1.29 is 29.4 Å². The monoisotopic (exact) mass is 528 g/mol. The van der Waals surface area contributed by atoms with Crippen molar-refractivity contribution in [1.82, 2.24) is 40.4 Å². The zero-order valence-electron chi connectivity index (χ0n) is 20.9. The standard InChI is InChI=1S/C24H32N8O6/c33-21(15-11-25-19(29-15)17-3-1-9-31(17)23(35)36)27-13-5-7-14(8-6-13)28-22(34)16-12-26-20(30-16)18-4-2-10-32(18)24(37)38/h11-14,17-18H,1-10H2,(H,25,29)(H,26,30)(H,27,33)(H,28,34)(H,35,36)(H,37,38)/t13-,14-,17-,18-/m0/s1. The van der Waals surface area contributed by atoms with Gasteiger partial charge in [0.25, 0.3) is 11.8 Å². The van der Waals surface area contributed by atoms with E-state index < -0.39 is 12.2 Å². The van der Waals surface area contributed by atoms with Crippen molar-refractivity contribution in [3.8, 4) is 0 Å². The van der Waals surface area contributed by atoms with Crippen LogP contribution < -0.4 is 10.6 Å². The number of H-pyrrole nitrogens is 2. The van der Waals surface area contributed by atoms with Crippen LogP contribution in [-0.4, -0.2) is 89.1 Å². The van der Waals surface area contributed by atoms with E-state index in [2.05, 4.69) is 30.6 Å². The van der Waals surface area contributed by atoms with Gasteiger partial charge in [-0.05, 0) is 51.4 Å². The zero-order chi connectivity index (χ0) is 26.8. The second-order valence-electron chi connectivity index (χ2n) is 10.1. The smallest absolute Gasteiger partial charge is 0.407 e. The number of aromatic amines is 2. The Balaban J connectivity index is 1.09. The number of rotatable bonds is 6. The topological polar surface area (TPSA) is 197 Å². The van der Waals surface area contributed by atoms with Crippen molar-refractivity contribution in [2.75, 3.05) is 13.1 Å². The fourth-order valence-electron chi connectivity index (χ4n) is 5.71. The average Bonchev–Trinajstić information content (AvgIpc) is 3.69. The van der Waals surface area contributed by atoms with Gasteiger partial charge in [0.1, 0.15) is 23.0 Å². The van der Waals surface area contributed by atoms with Crippen LogP contribution in [0.4, 0.5) is 9.59 Å². The van der Waals surface area contributed by atoms with E-state index in [0.717, 1.165) is 12.8 Å². The molecule has 38 heavy (non-hydrogen) atoms. The highest BCUT2D eigenvalue weighted by Gasteiger charge is 2.34. The van der Waals surface area contributed by atoms with Crippen LogP contribution >= 0.6 is 0 Å². The summed E-state index contributed by atoms with van der Waals surface area (Å²) in [5.41, 5.74) is 0.455. The molecule has 14 heteroatoms. The zero-order valence-corrected chi connectivity index (χ0v) is 20.9. The lowest BCUT2D eigenvalue weighted by atomic mass is 9.91. The Bertz CT molecular complexity index is 1110. The number of imidazole rings is 2. The van der Waals surface area contributed by atoms with E-state index in [4.69, 9.17) is 0 Å². The maximum atomic E-state index is 12.7. The number of carbonyl (C=O) groups is 4. The van der Waals surface area contributed by atoms with Crippen LogP contribution in [0.15, 0.2) is 12.4 Å². The molecule has 2 aromatic heterocycles. The second-order valence-corrected chi connectivity index (χ2v) is 10.1. The molecule has 0 spiro atoms. The van der Waals surface area contributed by atoms with Crippen LogP contribution in [0.3, 0.4) is 0 Å². The van der Waals surface area contributed by atoms with Crippen molar-refractivity contribution in [3.63, 3.8) is 0 Å². The molecule has 0 radical (unpaired) electrons. The molecule has 4 amide bonds. The first-order chi connectivity index (χ1) is 18.3. The Morgan fingerprint density at radius 3 is 1.47 bits per heavy atom. The Morgan fingerprint density at radius 2 is 1.11 bits per heavy atom. The number of carboxylic acid groups (broad SMARTS) is 2. The van der Waals surface area contributed by atoms with Crippen molar-refractivity contribution in [1.29, 1.82) is 0 Å². The maximum absolute atomic E-state index is 12.7. The third-order valence-electron chi connectivity index (χ3n) is 7.69. The Kier molecular flexibility index (Phi) is 7.20. The predicted molar refractivity (Wildman–Crippen MR) is 132 cm³/mol. The molecule has 5 rings (SSSR count). The summed E-state index contributed by atoms with van der Waals surface area (Å²) in [5.74, 6) is 0.329. The molecule has 6 N–H and O–H groups in total. The van der Waals surface area contributed by atoms with Gasteiger partial charge in [0.05, 0.1) is 12.1 Å². The number of likely N-dealkylation sites (tertiary alicyclic amines) is 2. The SMILES string of the molecule is O=C(N[C@H]1CC[C@H](NC(=O)c2c[nH]c([C@@H]3CCCN3C(=O)O)n2)CC1)c1c[nH]c([C@@H]2CCCN2C(=O)O)n1. The van der Waals surface area contributed by atoms with E-state index >= 15 is 0 Å². The van der Waals surface area contributed by atoms with Gasteiger partial charge < -0.3 is 30.8 Å². The minimum atomic E-state index is -0.995. The van der Waals surface area contributed by atoms with Crippen molar-refractivity contribution in [2.24, 2.45) is 0 Å². The molecule has 204 valence electrons. The maximum Gasteiger partial charge on any atom is 0.407 e. The molecule has 1 saturated carbocycles. The van der Waals surface area contributed by atoms with E-state index in [1.54, 1.807) is 0 Å². The van der Waals surface area contributed by atoms with E-state index in [0.29, 0.717) is 63.3 Å². The fraction of sp³-hybridized carbons (Fsp3) is 0.583. The minimum Gasteiger partial charge on any atom is -0.465 e. The summed E-state index contributed by atoms with van der Waals surface area (Å²) >= 11 is 0. The molecule has 2 atom stereocenters. The summed E-state index contributed by atoms with van der Waals surface area (Å²) in [6, 6.07) is -0.848. The van der Waals surface area contributed by atoms with Crippen molar-refractivity contribution >= 4 is 24.0 Å². The summed E-state index contributed by atoms with van der Waals surface area (Å²) in [4.78, 5) is 65.6. The number of carbonyl (C=O) groups excluding carboxylic acids is 2. The summed E-state index contributed by atoms with van der Waals surface area (Å²) < 4.78 is 0. The fourth-order valence-corrected chi connectivity index (χ4v) is 5.71. The molecule has 14 nitrogen and oxygen atoms in total. The van der Waals surface area contributed by atoms with Gasteiger partial charge in [0, 0.05) is 37.6 Å². The number of nitrogens with one attached hydrogen (secondary N) is 4. The lowest BCUT2D eigenvalue weighted by Crippen LogP contribution is -2.44.